The number of hydrogen-bond donors (Lipinski definition) is 1. The zero-order chi connectivity index (χ0) is 15.6. The van der Waals surface area contributed by atoms with E-state index < -0.39 is 29.3 Å². The average molecular weight is 297 g/mol. The molecule has 0 saturated carbocycles. The highest BCUT2D eigenvalue weighted by molar-refractivity contribution is 5.27. The molecule has 0 radical (unpaired) electrons. The fraction of sp³-hybridized carbons (Fsp3) is 0.250. The first-order chi connectivity index (χ1) is 9.88. The highest BCUT2D eigenvalue weighted by Gasteiger charge is 2.14. The molecule has 0 spiro atoms. The second-order valence-corrected chi connectivity index (χ2v) is 4.96. The highest BCUT2D eigenvalue weighted by atomic mass is 19.1. The molecule has 0 aliphatic carbocycles. The van der Waals surface area contributed by atoms with Crippen LogP contribution in [-0.2, 0) is 6.54 Å². The van der Waals surface area contributed by atoms with E-state index in [-0.39, 0.29) is 23.2 Å². The molecule has 0 amide bonds. The molecule has 5 heteroatoms. The number of halogens is 4. The van der Waals surface area contributed by atoms with Gasteiger partial charge < -0.3 is 5.32 Å². The summed E-state index contributed by atoms with van der Waals surface area (Å²) in [5, 5.41) is 2.86. The van der Waals surface area contributed by atoms with Crippen molar-refractivity contribution in [1.29, 1.82) is 0 Å². The smallest absolute Gasteiger partial charge is 0.128 e. The first kappa shape index (κ1) is 15.5. The van der Waals surface area contributed by atoms with Crippen LogP contribution in [0.5, 0.6) is 0 Å². The van der Waals surface area contributed by atoms with Crippen molar-refractivity contribution in [2.24, 2.45) is 0 Å². The monoisotopic (exact) mass is 297 g/mol. The van der Waals surface area contributed by atoms with Gasteiger partial charge in [-0.25, -0.2) is 17.6 Å². The van der Waals surface area contributed by atoms with Gasteiger partial charge in [0.2, 0.25) is 0 Å². The Kier molecular flexibility index (Phi) is 4.63. The van der Waals surface area contributed by atoms with Crippen LogP contribution in [0.4, 0.5) is 17.6 Å². The quantitative estimate of drug-likeness (QED) is 0.825. The van der Waals surface area contributed by atoms with Crippen molar-refractivity contribution < 1.29 is 17.6 Å². The zero-order valence-corrected chi connectivity index (χ0v) is 11.7. The molecule has 0 aliphatic heterocycles. The van der Waals surface area contributed by atoms with E-state index in [0.29, 0.717) is 0 Å². The molecule has 2 aromatic carbocycles. The predicted molar refractivity (Wildman–Crippen MR) is 72.7 cm³/mol. The molecular formula is C16H15F4N. The molecule has 1 unspecified atom stereocenters. The summed E-state index contributed by atoms with van der Waals surface area (Å²) in [4.78, 5) is 0. The summed E-state index contributed by atoms with van der Waals surface area (Å²) in [6, 6.07) is 4.82. The van der Waals surface area contributed by atoms with E-state index in [1.165, 1.54) is 6.92 Å². The van der Waals surface area contributed by atoms with E-state index in [2.05, 4.69) is 5.32 Å². The van der Waals surface area contributed by atoms with Gasteiger partial charge in [-0.3, -0.25) is 0 Å². The van der Waals surface area contributed by atoms with Gasteiger partial charge in [-0.2, -0.15) is 0 Å². The van der Waals surface area contributed by atoms with Gasteiger partial charge in [0.05, 0.1) is 0 Å². The van der Waals surface area contributed by atoms with Gasteiger partial charge in [-0.05, 0) is 49.7 Å². The molecule has 1 atom stereocenters. The van der Waals surface area contributed by atoms with Crippen molar-refractivity contribution in [2.75, 3.05) is 0 Å². The lowest BCUT2D eigenvalue weighted by atomic mass is 10.0. The maximum atomic E-state index is 13.8. The fourth-order valence-electron chi connectivity index (χ4n) is 2.05. The van der Waals surface area contributed by atoms with Crippen molar-refractivity contribution in [2.45, 2.75) is 26.4 Å². The highest BCUT2D eigenvalue weighted by Crippen LogP contribution is 2.21. The summed E-state index contributed by atoms with van der Waals surface area (Å²) in [6.07, 6.45) is 0. The Labute approximate surface area is 120 Å². The minimum atomic E-state index is -0.549. The summed E-state index contributed by atoms with van der Waals surface area (Å²) in [5.41, 5.74) is 0.504. The van der Waals surface area contributed by atoms with Gasteiger partial charge in [0.1, 0.15) is 23.3 Å². The molecular weight excluding hydrogens is 282 g/mol. The molecule has 2 aromatic rings. The Morgan fingerprint density at radius 1 is 0.952 bits per heavy atom. The lowest BCUT2D eigenvalue weighted by molar-refractivity contribution is 0.504. The van der Waals surface area contributed by atoms with Crippen LogP contribution in [0.3, 0.4) is 0 Å². The van der Waals surface area contributed by atoms with Crippen LogP contribution < -0.4 is 5.32 Å². The van der Waals surface area contributed by atoms with Crippen molar-refractivity contribution in [1.82, 2.24) is 5.32 Å². The van der Waals surface area contributed by atoms with Crippen molar-refractivity contribution in [3.8, 4) is 0 Å². The lowest BCUT2D eigenvalue weighted by Crippen LogP contribution is -2.20. The average Bonchev–Trinajstić information content (AvgIpc) is 2.43. The van der Waals surface area contributed by atoms with Crippen molar-refractivity contribution >= 4 is 0 Å². The Balaban J connectivity index is 2.13. The number of hydrogen-bond acceptors (Lipinski definition) is 1. The Morgan fingerprint density at radius 2 is 1.67 bits per heavy atom. The van der Waals surface area contributed by atoms with E-state index in [1.807, 2.05) is 0 Å². The van der Waals surface area contributed by atoms with Crippen LogP contribution >= 0.6 is 0 Å². The van der Waals surface area contributed by atoms with Crippen LogP contribution in [-0.4, -0.2) is 0 Å². The SMILES string of the molecule is Cc1cc(F)c(C(C)NCc2cc(F)ccc2F)cc1F. The summed E-state index contributed by atoms with van der Waals surface area (Å²) < 4.78 is 53.8. The van der Waals surface area contributed by atoms with Crippen LogP contribution in [0, 0.1) is 30.2 Å². The molecule has 21 heavy (non-hydrogen) atoms. The van der Waals surface area contributed by atoms with E-state index >= 15 is 0 Å². The van der Waals surface area contributed by atoms with E-state index in [4.69, 9.17) is 0 Å². The van der Waals surface area contributed by atoms with Crippen LogP contribution in [0.15, 0.2) is 30.3 Å². The summed E-state index contributed by atoms with van der Waals surface area (Å²) in [7, 11) is 0. The number of aryl methyl sites for hydroxylation is 1. The van der Waals surface area contributed by atoms with Gasteiger partial charge in [-0.15, -0.1) is 0 Å². The maximum Gasteiger partial charge on any atom is 0.128 e. The third-order valence-electron chi connectivity index (χ3n) is 3.35. The first-order valence-electron chi connectivity index (χ1n) is 6.51. The second kappa shape index (κ2) is 6.26. The van der Waals surface area contributed by atoms with Crippen LogP contribution in [0.2, 0.25) is 0 Å². The topological polar surface area (TPSA) is 12.0 Å². The summed E-state index contributed by atoms with van der Waals surface area (Å²) in [6.45, 7) is 3.12. The molecule has 0 heterocycles. The molecule has 112 valence electrons. The minimum Gasteiger partial charge on any atom is -0.306 e. The number of benzene rings is 2. The largest absolute Gasteiger partial charge is 0.306 e. The third-order valence-corrected chi connectivity index (χ3v) is 3.35. The van der Waals surface area contributed by atoms with E-state index in [1.54, 1.807) is 6.92 Å². The van der Waals surface area contributed by atoms with Gasteiger partial charge in [-0.1, -0.05) is 0 Å². The Morgan fingerprint density at radius 3 is 2.38 bits per heavy atom. The van der Waals surface area contributed by atoms with Crippen LogP contribution in [0.1, 0.15) is 29.7 Å². The number of nitrogens with one attached hydrogen (secondary N) is 1. The molecule has 2 rings (SSSR count). The van der Waals surface area contributed by atoms with Gasteiger partial charge in [0.25, 0.3) is 0 Å². The van der Waals surface area contributed by atoms with Crippen molar-refractivity contribution in [3.63, 3.8) is 0 Å². The lowest BCUT2D eigenvalue weighted by Gasteiger charge is -2.16. The molecule has 0 saturated heterocycles. The fourth-order valence-corrected chi connectivity index (χ4v) is 2.05. The molecule has 0 aromatic heterocycles. The first-order valence-corrected chi connectivity index (χ1v) is 6.51. The Bertz CT molecular complexity index is 655. The Hall–Kier alpha value is -1.88. The number of rotatable bonds is 4. The minimum absolute atomic E-state index is 0.0136. The molecule has 0 aliphatic rings. The van der Waals surface area contributed by atoms with Crippen molar-refractivity contribution in [3.05, 3.63) is 70.3 Å². The van der Waals surface area contributed by atoms with Gasteiger partial charge >= 0.3 is 0 Å². The maximum absolute atomic E-state index is 13.8. The van der Waals surface area contributed by atoms with E-state index in [9.17, 15) is 17.6 Å². The third kappa shape index (κ3) is 3.61. The summed E-state index contributed by atoms with van der Waals surface area (Å²) in [5.74, 6) is -2.13. The zero-order valence-electron chi connectivity index (χ0n) is 11.7. The second-order valence-electron chi connectivity index (χ2n) is 4.96. The van der Waals surface area contributed by atoms with E-state index in [0.717, 1.165) is 30.3 Å². The predicted octanol–water partition coefficient (Wildman–Crippen LogP) is 4.40. The summed E-state index contributed by atoms with van der Waals surface area (Å²) >= 11 is 0. The van der Waals surface area contributed by atoms with Gasteiger partial charge in [0, 0.05) is 23.7 Å². The molecule has 0 bridgehead atoms. The molecule has 0 fully saturated rings. The molecule has 1 N–H and O–H groups in total. The van der Waals surface area contributed by atoms with Gasteiger partial charge in [0.15, 0.2) is 0 Å². The standard InChI is InChI=1S/C16H15F4N/c1-9-5-16(20)13(7-15(9)19)10(2)21-8-11-6-12(17)3-4-14(11)18/h3-7,10,21H,8H2,1-2H3. The normalized spacial score (nSPS) is 12.5. The van der Waals surface area contributed by atoms with Crippen LogP contribution in [0.25, 0.3) is 0 Å². The molecule has 1 nitrogen and oxygen atoms in total.